The van der Waals surface area contributed by atoms with E-state index in [2.05, 4.69) is 25.5 Å². The van der Waals surface area contributed by atoms with Gasteiger partial charge < -0.3 is 11.1 Å². The maximum atomic E-state index is 5.82. The van der Waals surface area contributed by atoms with Crippen molar-refractivity contribution in [2.75, 3.05) is 11.1 Å². The molecule has 7 heteroatoms. The number of para-hydroxylation sites is 1. The van der Waals surface area contributed by atoms with Gasteiger partial charge in [0, 0.05) is 22.5 Å². The molecule has 0 amide bonds. The lowest BCUT2D eigenvalue weighted by atomic mass is 10.2. The number of aromatic nitrogens is 4. The number of thiophene rings is 1. The van der Waals surface area contributed by atoms with Crippen molar-refractivity contribution in [2.45, 2.75) is 6.92 Å². The fraction of sp³-hybridized carbons (Fsp3) is 0.0625. The Kier molecular flexibility index (Phi) is 3.20. The van der Waals surface area contributed by atoms with Crippen LogP contribution in [0.4, 0.5) is 17.3 Å². The highest BCUT2D eigenvalue weighted by molar-refractivity contribution is 7.14. The van der Waals surface area contributed by atoms with Gasteiger partial charge in [-0.15, -0.1) is 11.3 Å². The van der Waals surface area contributed by atoms with Crippen molar-refractivity contribution in [2.24, 2.45) is 0 Å². The summed E-state index contributed by atoms with van der Waals surface area (Å²) < 4.78 is 0. The number of H-pyrrole nitrogens is 1. The van der Waals surface area contributed by atoms with Crippen LogP contribution >= 0.6 is 11.3 Å². The number of aryl methyl sites for hydroxylation is 1. The minimum absolute atomic E-state index is 0.657. The summed E-state index contributed by atoms with van der Waals surface area (Å²) in [4.78, 5) is 10.3. The van der Waals surface area contributed by atoms with Crippen LogP contribution in [0.25, 0.3) is 21.6 Å². The van der Waals surface area contributed by atoms with Gasteiger partial charge in [0.2, 0.25) is 0 Å². The molecular weight excluding hydrogens is 308 g/mol. The normalized spacial score (nSPS) is 11.0. The van der Waals surface area contributed by atoms with E-state index in [1.165, 1.54) is 11.3 Å². The lowest BCUT2D eigenvalue weighted by molar-refractivity contribution is 1.05. The Morgan fingerprint density at radius 1 is 1.17 bits per heavy atom. The first-order valence-corrected chi connectivity index (χ1v) is 7.97. The molecule has 0 aliphatic rings. The first-order chi connectivity index (χ1) is 11.2. The molecule has 4 N–H and O–H groups in total. The fourth-order valence-electron chi connectivity index (χ4n) is 2.36. The molecule has 0 atom stereocenters. The number of nitrogens with two attached hydrogens (primary N) is 1. The minimum atomic E-state index is 0.657. The summed E-state index contributed by atoms with van der Waals surface area (Å²) in [5.41, 5.74) is 8.33. The van der Waals surface area contributed by atoms with E-state index in [9.17, 15) is 0 Å². The van der Waals surface area contributed by atoms with Gasteiger partial charge in [-0.05, 0) is 25.1 Å². The van der Waals surface area contributed by atoms with Gasteiger partial charge in [-0.25, -0.2) is 9.97 Å². The highest BCUT2D eigenvalue weighted by Crippen LogP contribution is 2.30. The van der Waals surface area contributed by atoms with Gasteiger partial charge in [0.15, 0.2) is 5.82 Å². The van der Waals surface area contributed by atoms with Crippen LogP contribution in [0.1, 0.15) is 5.69 Å². The van der Waals surface area contributed by atoms with Crippen molar-refractivity contribution >= 4 is 39.6 Å². The second-order valence-electron chi connectivity index (χ2n) is 5.21. The number of benzene rings is 1. The average molecular weight is 322 g/mol. The van der Waals surface area contributed by atoms with Gasteiger partial charge in [0.25, 0.3) is 0 Å². The predicted octanol–water partition coefficient (Wildman–Crippen LogP) is 3.72. The molecular formula is C16H14N6S. The molecule has 0 saturated heterocycles. The Bertz CT molecular complexity index is 987. The molecule has 0 aliphatic heterocycles. The van der Waals surface area contributed by atoms with Crippen LogP contribution in [0.15, 0.2) is 41.8 Å². The lowest BCUT2D eigenvalue weighted by Gasteiger charge is -2.08. The summed E-state index contributed by atoms with van der Waals surface area (Å²) in [6.07, 6.45) is 0. The standard InChI is InChI=1S/C16H14N6S/c1-9-6-14(22-21-9)19-15-11-4-2-3-5-12(11)18-16(20-15)13-7-10(17)8-23-13/h2-8H,17H2,1H3,(H2,18,19,20,21,22). The number of nitrogen functional groups attached to an aromatic ring is 1. The minimum Gasteiger partial charge on any atom is -0.398 e. The molecule has 0 aliphatic carbocycles. The van der Waals surface area contributed by atoms with E-state index in [1.807, 2.05) is 48.7 Å². The van der Waals surface area contributed by atoms with Crippen LogP contribution in [-0.2, 0) is 0 Å². The maximum Gasteiger partial charge on any atom is 0.172 e. The van der Waals surface area contributed by atoms with Gasteiger partial charge in [-0.2, -0.15) is 5.10 Å². The smallest absolute Gasteiger partial charge is 0.172 e. The summed E-state index contributed by atoms with van der Waals surface area (Å²) in [6, 6.07) is 11.7. The molecule has 0 unspecified atom stereocenters. The van der Waals surface area contributed by atoms with Gasteiger partial charge in [-0.3, -0.25) is 5.10 Å². The predicted molar refractivity (Wildman–Crippen MR) is 93.9 cm³/mol. The number of nitrogens with one attached hydrogen (secondary N) is 2. The van der Waals surface area contributed by atoms with E-state index in [4.69, 9.17) is 5.73 Å². The summed E-state index contributed by atoms with van der Waals surface area (Å²) >= 11 is 1.53. The molecule has 0 fully saturated rings. The van der Waals surface area contributed by atoms with Crippen LogP contribution in [0, 0.1) is 6.92 Å². The molecule has 114 valence electrons. The molecule has 0 bridgehead atoms. The largest absolute Gasteiger partial charge is 0.398 e. The number of anilines is 3. The molecule has 1 aromatic carbocycles. The van der Waals surface area contributed by atoms with Crippen molar-refractivity contribution in [1.29, 1.82) is 0 Å². The Hall–Kier alpha value is -2.93. The Morgan fingerprint density at radius 3 is 2.78 bits per heavy atom. The second kappa shape index (κ2) is 5.36. The van der Waals surface area contributed by atoms with E-state index in [-0.39, 0.29) is 0 Å². The molecule has 3 heterocycles. The third-order valence-corrected chi connectivity index (χ3v) is 4.35. The number of fused-ring (bicyclic) bond motifs is 1. The van der Waals surface area contributed by atoms with Crippen LogP contribution in [0.2, 0.25) is 0 Å². The number of hydrogen-bond donors (Lipinski definition) is 3. The summed E-state index contributed by atoms with van der Waals surface area (Å²) in [5, 5.41) is 13.2. The maximum absolute atomic E-state index is 5.82. The Labute approximate surface area is 136 Å². The quantitative estimate of drug-likeness (QED) is 0.534. The van der Waals surface area contributed by atoms with Gasteiger partial charge in [0.05, 0.1) is 16.1 Å². The summed E-state index contributed by atoms with van der Waals surface area (Å²) in [6.45, 7) is 1.93. The van der Waals surface area contributed by atoms with E-state index >= 15 is 0 Å². The molecule has 4 rings (SSSR count). The highest BCUT2D eigenvalue weighted by Gasteiger charge is 2.11. The first-order valence-electron chi connectivity index (χ1n) is 7.09. The second-order valence-corrected chi connectivity index (χ2v) is 6.12. The van der Waals surface area contributed by atoms with Crippen molar-refractivity contribution in [3.05, 3.63) is 47.5 Å². The molecule has 23 heavy (non-hydrogen) atoms. The summed E-state index contributed by atoms with van der Waals surface area (Å²) in [5.74, 6) is 2.19. The third kappa shape index (κ3) is 2.62. The van der Waals surface area contributed by atoms with Gasteiger partial charge in [-0.1, -0.05) is 12.1 Å². The van der Waals surface area contributed by atoms with Crippen LogP contribution in [0.5, 0.6) is 0 Å². The topological polar surface area (TPSA) is 92.5 Å². The van der Waals surface area contributed by atoms with E-state index < -0.39 is 0 Å². The number of rotatable bonds is 3. The molecule has 3 aromatic heterocycles. The number of aromatic amines is 1. The Balaban J connectivity index is 1.86. The van der Waals surface area contributed by atoms with Gasteiger partial charge in [0.1, 0.15) is 11.6 Å². The van der Waals surface area contributed by atoms with E-state index in [1.54, 1.807) is 0 Å². The average Bonchev–Trinajstić information content (AvgIpc) is 3.16. The first kappa shape index (κ1) is 13.7. The summed E-state index contributed by atoms with van der Waals surface area (Å²) in [7, 11) is 0. The number of hydrogen-bond acceptors (Lipinski definition) is 6. The molecule has 0 saturated carbocycles. The fourth-order valence-corrected chi connectivity index (χ4v) is 3.10. The zero-order valence-electron chi connectivity index (χ0n) is 12.4. The van der Waals surface area contributed by atoms with Crippen molar-refractivity contribution < 1.29 is 0 Å². The van der Waals surface area contributed by atoms with Crippen molar-refractivity contribution in [1.82, 2.24) is 20.2 Å². The third-order valence-electron chi connectivity index (χ3n) is 3.40. The van der Waals surface area contributed by atoms with Crippen LogP contribution in [0.3, 0.4) is 0 Å². The SMILES string of the molecule is Cc1cc(Nc2nc(-c3cc(N)cs3)nc3ccccc23)[nH]n1. The zero-order valence-corrected chi connectivity index (χ0v) is 13.2. The van der Waals surface area contributed by atoms with Gasteiger partial charge >= 0.3 is 0 Å². The van der Waals surface area contributed by atoms with E-state index in [0.717, 1.165) is 38.8 Å². The zero-order chi connectivity index (χ0) is 15.8. The van der Waals surface area contributed by atoms with Crippen LogP contribution in [-0.4, -0.2) is 20.2 Å². The van der Waals surface area contributed by atoms with E-state index in [0.29, 0.717) is 5.82 Å². The molecule has 6 nitrogen and oxygen atoms in total. The number of nitrogens with zero attached hydrogens (tertiary/aromatic N) is 3. The highest BCUT2D eigenvalue weighted by atomic mass is 32.1. The molecule has 0 radical (unpaired) electrons. The molecule has 0 spiro atoms. The monoisotopic (exact) mass is 322 g/mol. The Morgan fingerprint density at radius 2 is 2.04 bits per heavy atom. The lowest BCUT2D eigenvalue weighted by Crippen LogP contribution is -1.99. The molecule has 4 aromatic rings. The van der Waals surface area contributed by atoms with Crippen molar-refractivity contribution in [3.63, 3.8) is 0 Å². The van der Waals surface area contributed by atoms with Crippen molar-refractivity contribution in [3.8, 4) is 10.7 Å². The van der Waals surface area contributed by atoms with Crippen LogP contribution < -0.4 is 11.1 Å².